The van der Waals surface area contributed by atoms with Crippen LogP contribution in [0.1, 0.15) is 52.0 Å². The summed E-state index contributed by atoms with van der Waals surface area (Å²) in [4.78, 5) is 12.4. The van der Waals surface area contributed by atoms with Crippen LogP contribution in [-0.4, -0.2) is 5.78 Å². The van der Waals surface area contributed by atoms with E-state index in [0.29, 0.717) is 5.78 Å². The number of benzene rings is 1. The van der Waals surface area contributed by atoms with Crippen LogP contribution in [0.15, 0.2) is 53.6 Å². The van der Waals surface area contributed by atoms with E-state index in [0.717, 1.165) is 37.7 Å². The van der Waals surface area contributed by atoms with Gasteiger partial charge in [-0.3, -0.25) is 4.79 Å². The molecule has 0 saturated carbocycles. The van der Waals surface area contributed by atoms with Gasteiger partial charge in [0.1, 0.15) is 0 Å². The minimum Gasteiger partial charge on any atom is -0.294 e. The molecule has 0 heterocycles. The van der Waals surface area contributed by atoms with Gasteiger partial charge in [-0.1, -0.05) is 55.0 Å². The molecule has 0 saturated heterocycles. The van der Waals surface area contributed by atoms with Crippen LogP contribution in [-0.2, 0) is 11.2 Å². The Balaban J connectivity index is 1.87. The smallest absolute Gasteiger partial charge is 0.168 e. The lowest BCUT2D eigenvalue weighted by Gasteiger charge is -2.22. The van der Waals surface area contributed by atoms with Crippen molar-refractivity contribution in [2.45, 2.75) is 52.9 Å². The predicted octanol–water partition coefficient (Wildman–Crippen LogP) is 5.27. The molecule has 0 radical (unpaired) electrons. The van der Waals surface area contributed by atoms with Crippen molar-refractivity contribution in [3.8, 4) is 0 Å². The van der Waals surface area contributed by atoms with Crippen molar-refractivity contribution >= 4 is 5.78 Å². The van der Waals surface area contributed by atoms with Crippen molar-refractivity contribution in [1.82, 2.24) is 0 Å². The van der Waals surface area contributed by atoms with Gasteiger partial charge in [-0.05, 0) is 57.1 Å². The summed E-state index contributed by atoms with van der Waals surface area (Å²) in [6.45, 7) is 6.18. The van der Waals surface area contributed by atoms with Crippen molar-refractivity contribution in [2.75, 3.05) is 0 Å². The lowest BCUT2D eigenvalue weighted by Crippen LogP contribution is -2.24. The molecule has 0 bridgehead atoms. The normalized spacial score (nSPS) is 22.5. The van der Waals surface area contributed by atoms with Crippen LogP contribution in [0, 0.1) is 5.41 Å². The summed E-state index contributed by atoms with van der Waals surface area (Å²) >= 11 is 0. The molecule has 1 aromatic carbocycles. The summed E-state index contributed by atoms with van der Waals surface area (Å²) in [5, 5.41) is 0. The van der Waals surface area contributed by atoms with E-state index in [4.69, 9.17) is 0 Å². The Bertz CT molecular complexity index is 550. The molecule has 112 valence electrons. The van der Waals surface area contributed by atoms with E-state index >= 15 is 0 Å². The molecule has 1 aromatic rings. The molecule has 2 rings (SSSR count). The zero-order valence-electron chi connectivity index (χ0n) is 13.5. The molecule has 0 spiro atoms. The third-order valence-corrected chi connectivity index (χ3v) is 4.76. The average molecular weight is 282 g/mol. The molecule has 1 heteroatoms. The number of rotatable bonds is 6. The summed E-state index contributed by atoms with van der Waals surface area (Å²) in [6, 6.07) is 10.6. The van der Waals surface area contributed by atoms with E-state index in [1.54, 1.807) is 0 Å². The molecule has 21 heavy (non-hydrogen) atoms. The number of allylic oxidation sites excluding steroid dienone is 4. The number of ketones is 1. The number of Topliss-reactive ketones (excluding diaryl/α,β-unsaturated/α-hetero) is 1. The fourth-order valence-electron chi connectivity index (χ4n) is 3.17. The van der Waals surface area contributed by atoms with E-state index in [9.17, 15) is 4.79 Å². The minimum absolute atomic E-state index is 0.249. The molecule has 1 atom stereocenters. The standard InChI is InChI=1S/C20H26O/c1-4-20(15-16(2)17(3)19(20)21)14-10-6-9-13-18-11-7-5-8-12-18/h5,7-8,10-12,14H,4,6,9,13,15H2,1-3H3/b14-10+/t20-/m1/s1. The van der Waals surface area contributed by atoms with Gasteiger partial charge in [-0.2, -0.15) is 0 Å². The molecule has 1 aliphatic rings. The van der Waals surface area contributed by atoms with Gasteiger partial charge in [0, 0.05) is 0 Å². The Hall–Kier alpha value is -1.63. The first-order valence-electron chi connectivity index (χ1n) is 8.02. The van der Waals surface area contributed by atoms with Gasteiger partial charge < -0.3 is 0 Å². The van der Waals surface area contributed by atoms with E-state index in [1.165, 1.54) is 11.1 Å². The highest BCUT2D eigenvalue weighted by molar-refractivity contribution is 6.04. The van der Waals surface area contributed by atoms with Crippen LogP contribution >= 0.6 is 0 Å². The van der Waals surface area contributed by atoms with Crippen molar-refractivity contribution in [1.29, 1.82) is 0 Å². The van der Waals surface area contributed by atoms with Crippen LogP contribution in [0.5, 0.6) is 0 Å². The SMILES string of the molecule is CC[C@@]1(/C=C/CCCc2ccccc2)CC(C)=C(C)C1=O. The molecule has 0 amide bonds. The lowest BCUT2D eigenvalue weighted by atomic mass is 9.79. The molecular weight excluding hydrogens is 256 g/mol. The first kappa shape index (κ1) is 15.8. The quantitative estimate of drug-likeness (QED) is 0.513. The molecule has 1 nitrogen and oxygen atoms in total. The van der Waals surface area contributed by atoms with Crippen LogP contribution in [0.25, 0.3) is 0 Å². The Morgan fingerprint density at radius 1 is 1.19 bits per heavy atom. The summed E-state index contributed by atoms with van der Waals surface area (Å²) in [7, 11) is 0. The maximum atomic E-state index is 12.4. The Kier molecular flexibility index (Phi) is 5.17. The number of carbonyl (C=O) groups is 1. The van der Waals surface area contributed by atoms with Gasteiger partial charge >= 0.3 is 0 Å². The molecule has 0 aliphatic heterocycles. The third-order valence-electron chi connectivity index (χ3n) is 4.76. The van der Waals surface area contributed by atoms with Gasteiger partial charge in [0.15, 0.2) is 5.78 Å². The van der Waals surface area contributed by atoms with Crippen molar-refractivity contribution in [3.63, 3.8) is 0 Å². The fraction of sp³-hybridized carbons (Fsp3) is 0.450. The number of hydrogen-bond donors (Lipinski definition) is 0. The molecule has 0 aromatic heterocycles. The maximum absolute atomic E-state index is 12.4. The van der Waals surface area contributed by atoms with Crippen LogP contribution in [0.4, 0.5) is 0 Å². The molecule has 0 unspecified atom stereocenters. The monoisotopic (exact) mass is 282 g/mol. The molecular formula is C20H26O. The van der Waals surface area contributed by atoms with Gasteiger partial charge in [-0.25, -0.2) is 0 Å². The van der Waals surface area contributed by atoms with E-state index < -0.39 is 0 Å². The second-order valence-corrected chi connectivity index (χ2v) is 6.20. The van der Waals surface area contributed by atoms with E-state index in [-0.39, 0.29) is 5.41 Å². The predicted molar refractivity (Wildman–Crippen MR) is 89.2 cm³/mol. The Morgan fingerprint density at radius 2 is 1.90 bits per heavy atom. The number of unbranched alkanes of at least 4 members (excludes halogenated alkanes) is 1. The average Bonchev–Trinajstić information content (AvgIpc) is 2.73. The zero-order valence-corrected chi connectivity index (χ0v) is 13.5. The first-order chi connectivity index (χ1) is 10.1. The van der Waals surface area contributed by atoms with Crippen molar-refractivity contribution < 1.29 is 4.79 Å². The molecule has 1 aliphatic carbocycles. The van der Waals surface area contributed by atoms with Gasteiger partial charge in [0.2, 0.25) is 0 Å². The van der Waals surface area contributed by atoms with Crippen LogP contribution in [0.2, 0.25) is 0 Å². The summed E-state index contributed by atoms with van der Waals surface area (Å²) < 4.78 is 0. The van der Waals surface area contributed by atoms with E-state index in [1.807, 2.05) is 6.92 Å². The minimum atomic E-state index is -0.249. The Morgan fingerprint density at radius 3 is 2.48 bits per heavy atom. The highest BCUT2D eigenvalue weighted by Gasteiger charge is 2.40. The van der Waals surface area contributed by atoms with Gasteiger partial charge in [0.25, 0.3) is 0 Å². The highest BCUT2D eigenvalue weighted by Crippen LogP contribution is 2.42. The Labute approximate surface area is 128 Å². The molecule has 0 N–H and O–H groups in total. The largest absolute Gasteiger partial charge is 0.294 e. The van der Waals surface area contributed by atoms with Gasteiger partial charge in [-0.15, -0.1) is 0 Å². The summed E-state index contributed by atoms with van der Waals surface area (Å²) in [5.74, 6) is 0.335. The topological polar surface area (TPSA) is 17.1 Å². The second kappa shape index (κ2) is 6.89. The third kappa shape index (κ3) is 3.53. The number of aryl methyl sites for hydroxylation is 1. The summed E-state index contributed by atoms with van der Waals surface area (Å²) in [5.41, 5.74) is 3.38. The first-order valence-corrected chi connectivity index (χ1v) is 8.02. The lowest BCUT2D eigenvalue weighted by molar-refractivity contribution is -0.121. The summed E-state index contributed by atoms with van der Waals surface area (Å²) in [6.07, 6.45) is 9.49. The van der Waals surface area contributed by atoms with Crippen LogP contribution < -0.4 is 0 Å². The van der Waals surface area contributed by atoms with E-state index in [2.05, 4.69) is 56.3 Å². The highest BCUT2D eigenvalue weighted by atomic mass is 16.1. The van der Waals surface area contributed by atoms with Crippen LogP contribution in [0.3, 0.4) is 0 Å². The number of carbonyl (C=O) groups excluding carboxylic acids is 1. The second-order valence-electron chi connectivity index (χ2n) is 6.20. The van der Waals surface area contributed by atoms with Crippen molar-refractivity contribution in [3.05, 3.63) is 59.2 Å². The maximum Gasteiger partial charge on any atom is 0.168 e. The fourth-order valence-corrected chi connectivity index (χ4v) is 3.17. The molecule has 0 fully saturated rings. The zero-order chi connectivity index (χ0) is 15.3. The number of hydrogen-bond acceptors (Lipinski definition) is 1. The van der Waals surface area contributed by atoms with Gasteiger partial charge in [0.05, 0.1) is 5.41 Å². The van der Waals surface area contributed by atoms with Crippen molar-refractivity contribution in [2.24, 2.45) is 5.41 Å².